The van der Waals surface area contributed by atoms with E-state index in [-0.39, 0.29) is 5.78 Å². The maximum Gasteiger partial charge on any atom is 0.163 e. The first-order valence-corrected chi connectivity index (χ1v) is 7.33. The summed E-state index contributed by atoms with van der Waals surface area (Å²) in [6, 6.07) is 5.88. The van der Waals surface area contributed by atoms with Gasteiger partial charge in [0.25, 0.3) is 0 Å². The number of nitrogens with one attached hydrogen (secondary N) is 1. The standard InChI is InChI=1S/C16H21NO2/c18-15-7-1-6-14-13(15)5-2-8-16(14)19-11-12-4-3-9-17-10-12/h2,5,8,12,17H,1,3-4,6-7,9-11H2. The maximum atomic E-state index is 11.9. The van der Waals surface area contributed by atoms with Crippen LogP contribution in [0.25, 0.3) is 0 Å². The van der Waals surface area contributed by atoms with Crippen molar-refractivity contribution in [1.82, 2.24) is 5.32 Å². The molecule has 102 valence electrons. The van der Waals surface area contributed by atoms with Gasteiger partial charge in [0.15, 0.2) is 5.78 Å². The fraction of sp³-hybridized carbons (Fsp3) is 0.562. The second-order valence-electron chi connectivity index (χ2n) is 5.58. The number of fused-ring (bicyclic) bond motifs is 1. The lowest BCUT2D eigenvalue weighted by Gasteiger charge is -2.24. The van der Waals surface area contributed by atoms with Crippen molar-refractivity contribution in [2.45, 2.75) is 32.1 Å². The molecule has 0 aromatic heterocycles. The molecule has 0 bridgehead atoms. The van der Waals surface area contributed by atoms with E-state index in [4.69, 9.17) is 4.74 Å². The molecule has 1 N–H and O–H groups in total. The Balaban J connectivity index is 1.70. The van der Waals surface area contributed by atoms with Crippen LogP contribution in [0.15, 0.2) is 18.2 Å². The van der Waals surface area contributed by atoms with Crippen LogP contribution >= 0.6 is 0 Å². The van der Waals surface area contributed by atoms with Crippen molar-refractivity contribution in [3.63, 3.8) is 0 Å². The fourth-order valence-corrected chi connectivity index (χ4v) is 3.05. The van der Waals surface area contributed by atoms with Gasteiger partial charge < -0.3 is 10.1 Å². The molecule has 0 saturated carbocycles. The molecule has 3 rings (SSSR count). The molecule has 19 heavy (non-hydrogen) atoms. The number of ketones is 1. The molecule has 1 fully saturated rings. The van der Waals surface area contributed by atoms with Crippen molar-refractivity contribution >= 4 is 5.78 Å². The molecule has 3 heteroatoms. The van der Waals surface area contributed by atoms with Gasteiger partial charge in [0.1, 0.15) is 5.75 Å². The third-order valence-corrected chi connectivity index (χ3v) is 4.14. The lowest BCUT2D eigenvalue weighted by atomic mass is 9.90. The summed E-state index contributed by atoms with van der Waals surface area (Å²) >= 11 is 0. The number of benzene rings is 1. The third-order valence-electron chi connectivity index (χ3n) is 4.14. The summed E-state index contributed by atoms with van der Waals surface area (Å²) in [6.07, 6.45) is 5.08. The lowest BCUT2D eigenvalue weighted by Crippen LogP contribution is -2.33. The zero-order valence-corrected chi connectivity index (χ0v) is 11.3. The zero-order valence-electron chi connectivity index (χ0n) is 11.3. The highest BCUT2D eigenvalue weighted by Crippen LogP contribution is 2.30. The van der Waals surface area contributed by atoms with Gasteiger partial charge in [0.05, 0.1) is 6.61 Å². The van der Waals surface area contributed by atoms with Gasteiger partial charge in [-0.05, 0) is 38.3 Å². The number of carbonyl (C=O) groups excluding carboxylic acids is 1. The number of piperidine rings is 1. The van der Waals surface area contributed by atoms with Gasteiger partial charge in [0, 0.05) is 30.0 Å². The van der Waals surface area contributed by atoms with E-state index >= 15 is 0 Å². The van der Waals surface area contributed by atoms with Crippen molar-refractivity contribution < 1.29 is 9.53 Å². The summed E-state index contributed by atoms with van der Waals surface area (Å²) in [5.41, 5.74) is 2.01. The topological polar surface area (TPSA) is 38.3 Å². The molecule has 1 saturated heterocycles. The molecule has 0 amide bonds. The molecule has 1 aliphatic heterocycles. The van der Waals surface area contributed by atoms with E-state index in [0.29, 0.717) is 12.3 Å². The summed E-state index contributed by atoms with van der Waals surface area (Å²) in [4.78, 5) is 11.9. The lowest BCUT2D eigenvalue weighted by molar-refractivity contribution is 0.0971. The number of ether oxygens (including phenoxy) is 1. The molecule has 1 unspecified atom stereocenters. The first-order valence-electron chi connectivity index (χ1n) is 7.33. The van der Waals surface area contributed by atoms with Crippen LogP contribution in [-0.2, 0) is 6.42 Å². The summed E-state index contributed by atoms with van der Waals surface area (Å²) in [7, 11) is 0. The second kappa shape index (κ2) is 5.74. The van der Waals surface area contributed by atoms with Crippen molar-refractivity contribution in [3.05, 3.63) is 29.3 Å². The first-order chi connectivity index (χ1) is 9.34. The molecule has 0 spiro atoms. The van der Waals surface area contributed by atoms with E-state index in [2.05, 4.69) is 5.32 Å². The van der Waals surface area contributed by atoms with Gasteiger partial charge in [0.2, 0.25) is 0 Å². The van der Waals surface area contributed by atoms with Crippen LogP contribution in [0.3, 0.4) is 0 Å². The van der Waals surface area contributed by atoms with Crippen LogP contribution in [0.2, 0.25) is 0 Å². The van der Waals surface area contributed by atoms with Crippen molar-refractivity contribution in [3.8, 4) is 5.75 Å². The molecule has 1 heterocycles. The smallest absolute Gasteiger partial charge is 0.163 e. The highest BCUT2D eigenvalue weighted by Gasteiger charge is 2.21. The number of Topliss-reactive ketones (excluding diaryl/α,β-unsaturated/α-hetero) is 1. The summed E-state index contributed by atoms with van der Waals surface area (Å²) in [5, 5.41) is 3.41. The Labute approximate surface area is 114 Å². The predicted molar refractivity (Wildman–Crippen MR) is 74.8 cm³/mol. The summed E-state index contributed by atoms with van der Waals surface area (Å²) < 4.78 is 6.00. The first kappa shape index (κ1) is 12.7. The van der Waals surface area contributed by atoms with E-state index in [9.17, 15) is 4.79 Å². The van der Waals surface area contributed by atoms with Crippen LogP contribution in [-0.4, -0.2) is 25.5 Å². The van der Waals surface area contributed by atoms with Crippen molar-refractivity contribution in [2.24, 2.45) is 5.92 Å². The number of hydrogen-bond donors (Lipinski definition) is 1. The van der Waals surface area contributed by atoms with Gasteiger partial charge in [-0.15, -0.1) is 0 Å². The van der Waals surface area contributed by atoms with E-state index < -0.39 is 0 Å². The van der Waals surface area contributed by atoms with Crippen molar-refractivity contribution in [1.29, 1.82) is 0 Å². The van der Waals surface area contributed by atoms with Gasteiger partial charge >= 0.3 is 0 Å². The molecular weight excluding hydrogens is 238 g/mol. The molecule has 3 nitrogen and oxygen atoms in total. The molecule has 1 atom stereocenters. The Bertz CT molecular complexity index is 464. The molecule has 1 aliphatic carbocycles. The number of hydrogen-bond acceptors (Lipinski definition) is 3. The SMILES string of the molecule is O=C1CCCc2c(OCC3CCCNC3)cccc21. The van der Waals surface area contributed by atoms with Gasteiger partial charge in [-0.3, -0.25) is 4.79 Å². The predicted octanol–water partition coefficient (Wildman–Crippen LogP) is 2.58. The van der Waals surface area contributed by atoms with Crippen LogP contribution in [0, 0.1) is 5.92 Å². The van der Waals surface area contributed by atoms with E-state index in [1.165, 1.54) is 12.8 Å². The highest BCUT2D eigenvalue weighted by atomic mass is 16.5. The molecular formula is C16H21NO2. The molecule has 1 aromatic carbocycles. The Morgan fingerprint density at radius 1 is 1.26 bits per heavy atom. The molecule has 1 aromatic rings. The third kappa shape index (κ3) is 2.81. The number of carbonyl (C=O) groups is 1. The Kier molecular flexibility index (Phi) is 3.83. The minimum Gasteiger partial charge on any atom is -0.493 e. The summed E-state index contributed by atoms with van der Waals surface area (Å²) in [6.45, 7) is 2.94. The quantitative estimate of drug-likeness (QED) is 0.906. The highest BCUT2D eigenvalue weighted by molar-refractivity contribution is 5.99. The maximum absolute atomic E-state index is 11.9. The van der Waals surface area contributed by atoms with Gasteiger partial charge in [-0.1, -0.05) is 12.1 Å². The van der Waals surface area contributed by atoms with Crippen LogP contribution in [0.1, 0.15) is 41.6 Å². The zero-order chi connectivity index (χ0) is 13.1. The monoisotopic (exact) mass is 259 g/mol. The van der Waals surface area contributed by atoms with E-state index in [0.717, 1.165) is 49.4 Å². The van der Waals surface area contributed by atoms with Gasteiger partial charge in [-0.25, -0.2) is 0 Å². The van der Waals surface area contributed by atoms with Crippen LogP contribution in [0.4, 0.5) is 0 Å². The van der Waals surface area contributed by atoms with Crippen LogP contribution < -0.4 is 10.1 Å². The Morgan fingerprint density at radius 2 is 2.21 bits per heavy atom. The fourth-order valence-electron chi connectivity index (χ4n) is 3.05. The Morgan fingerprint density at radius 3 is 3.05 bits per heavy atom. The molecule has 0 radical (unpaired) electrons. The average molecular weight is 259 g/mol. The molecule has 2 aliphatic rings. The van der Waals surface area contributed by atoms with E-state index in [1.807, 2.05) is 18.2 Å². The minimum atomic E-state index is 0.269. The van der Waals surface area contributed by atoms with E-state index in [1.54, 1.807) is 0 Å². The normalized spacial score (nSPS) is 22.9. The second-order valence-corrected chi connectivity index (χ2v) is 5.58. The summed E-state index contributed by atoms with van der Waals surface area (Å²) in [5.74, 6) is 1.80. The van der Waals surface area contributed by atoms with Crippen LogP contribution in [0.5, 0.6) is 5.75 Å². The van der Waals surface area contributed by atoms with Crippen molar-refractivity contribution in [2.75, 3.05) is 19.7 Å². The Hall–Kier alpha value is -1.35. The average Bonchev–Trinajstić information content (AvgIpc) is 2.47. The van der Waals surface area contributed by atoms with Gasteiger partial charge in [-0.2, -0.15) is 0 Å². The minimum absolute atomic E-state index is 0.269. The largest absolute Gasteiger partial charge is 0.493 e. The number of rotatable bonds is 3.